The lowest BCUT2D eigenvalue weighted by Gasteiger charge is -2.15. The molecule has 0 fully saturated rings. The fourth-order valence-electron chi connectivity index (χ4n) is 7.36. The van der Waals surface area contributed by atoms with E-state index < -0.39 is 11.8 Å². The van der Waals surface area contributed by atoms with Crippen molar-refractivity contribution in [2.24, 2.45) is 0 Å². The minimum atomic E-state index is -0.414. The number of nitrogens with one attached hydrogen (secondary N) is 2. The van der Waals surface area contributed by atoms with Gasteiger partial charge in [0.15, 0.2) is 0 Å². The highest BCUT2D eigenvalue weighted by Crippen LogP contribution is 2.43. The number of halogens is 2. The number of hydrogen-bond donors (Lipinski definition) is 2. The third kappa shape index (κ3) is 6.01. The van der Waals surface area contributed by atoms with E-state index in [1.54, 1.807) is 18.2 Å². The van der Waals surface area contributed by atoms with Crippen molar-refractivity contribution in [3.63, 3.8) is 0 Å². The van der Waals surface area contributed by atoms with Gasteiger partial charge in [0.25, 0.3) is 11.8 Å². The van der Waals surface area contributed by atoms with Crippen LogP contribution in [0, 0.1) is 0 Å². The van der Waals surface area contributed by atoms with Gasteiger partial charge in [0.05, 0.1) is 0 Å². The summed E-state index contributed by atoms with van der Waals surface area (Å²) >= 11 is 7.67. The number of pyridine rings is 1. The maximum Gasteiger partial charge on any atom is 0.274 e. The molecule has 54 heavy (non-hydrogen) atoms. The number of benzene rings is 8. The van der Waals surface area contributed by atoms with E-state index in [1.165, 1.54) is 0 Å². The van der Waals surface area contributed by atoms with Crippen molar-refractivity contribution in [3.8, 4) is 22.3 Å². The Kier molecular flexibility index (Phi) is 8.73. The molecule has 1 aromatic heterocycles. The molecular formula is C47H29Br2N3O2. The van der Waals surface area contributed by atoms with Gasteiger partial charge in [-0.05, 0) is 134 Å². The van der Waals surface area contributed by atoms with Crippen LogP contribution in [-0.4, -0.2) is 16.8 Å². The van der Waals surface area contributed by atoms with Crippen molar-refractivity contribution < 1.29 is 9.59 Å². The van der Waals surface area contributed by atoms with Crippen LogP contribution in [0.2, 0.25) is 0 Å². The maximum atomic E-state index is 13.6. The normalized spacial score (nSPS) is 11.3. The molecule has 0 atom stereocenters. The number of fused-ring (bicyclic) bond motifs is 4. The average molecular weight is 828 g/mol. The molecule has 0 unspecified atom stereocenters. The Morgan fingerprint density at radius 1 is 0.389 bits per heavy atom. The molecule has 0 spiro atoms. The second-order valence-corrected chi connectivity index (χ2v) is 14.6. The van der Waals surface area contributed by atoms with Gasteiger partial charge in [-0.1, -0.05) is 127 Å². The van der Waals surface area contributed by atoms with Crippen LogP contribution in [0.15, 0.2) is 173 Å². The molecule has 9 rings (SSSR count). The monoisotopic (exact) mass is 825 g/mol. The van der Waals surface area contributed by atoms with E-state index in [0.717, 1.165) is 74.3 Å². The Bertz CT molecular complexity index is 2670. The Balaban J connectivity index is 0.988. The molecule has 2 N–H and O–H groups in total. The summed E-state index contributed by atoms with van der Waals surface area (Å²) in [6.07, 6.45) is 0. The van der Waals surface area contributed by atoms with E-state index in [2.05, 4.69) is 108 Å². The highest BCUT2D eigenvalue weighted by Gasteiger charge is 2.18. The van der Waals surface area contributed by atoms with Gasteiger partial charge < -0.3 is 10.6 Å². The fraction of sp³-hybridized carbons (Fsp3) is 0. The first-order valence-electron chi connectivity index (χ1n) is 17.4. The Hall–Kier alpha value is -6.15. The predicted octanol–water partition coefficient (Wildman–Crippen LogP) is 13.1. The molecule has 0 radical (unpaired) electrons. The van der Waals surface area contributed by atoms with Crippen LogP contribution in [-0.2, 0) is 0 Å². The first kappa shape index (κ1) is 33.7. The van der Waals surface area contributed by atoms with E-state index in [1.807, 2.05) is 84.9 Å². The Morgan fingerprint density at radius 2 is 0.704 bits per heavy atom. The van der Waals surface area contributed by atoms with Crippen molar-refractivity contribution in [2.75, 3.05) is 10.6 Å². The summed E-state index contributed by atoms with van der Waals surface area (Å²) in [5.41, 5.74) is 5.62. The van der Waals surface area contributed by atoms with Gasteiger partial charge >= 0.3 is 0 Å². The summed E-state index contributed by atoms with van der Waals surface area (Å²) < 4.78 is 2.10. The van der Waals surface area contributed by atoms with Crippen LogP contribution in [0.3, 0.4) is 0 Å². The maximum absolute atomic E-state index is 13.6. The molecule has 1 heterocycles. The minimum absolute atomic E-state index is 0.133. The van der Waals surface area contributed by atoms with E-state index in [4.69, 9.17) is 0 Å². The number of aromatic nitrogens is 1. The van der Waals surface area contributed by atoms with Gasteiger partial charge in [0.1, 0.15) is 11.4 Å². The lowest BCUT2D eigenvalue weighted by atomic mass is 9.92. The van der Waals surface area contributed by atoms with Gasteiger partial charge in [-0.3, -0.25) is 9.59 Å². The second-order valence-electron chi connectivity index (χ2n) is 13.0. The molecule has 9 aromatic rings. The lowest BCUT2D eigenvalue weighted by Crippen LogP contribution is -2.18. The summed E-state index contributed by atoms with van der Waals surface area (Å²) in [5, 5.41) is 14.9. The number of carbonyl (C=O) groups is 2. The molecule has 0 aliphatic heterocycles. The average Bonchev–Trinajstić information content (AvgIpc) is 3.21. The van der Waals surface area contributed by atoms with Crippen LogP contribution in [0.4, 0.5) is 11.4 Å². The summed E-state index contributed by atoms with van der Waals surface area (Å²) in [6.45, 7) is 0. The largest absolute Gasteiger partial charge is 0.321 e. The number of anilines is 2. The van der Waals surface area contributed by atoms with E-state index in [9.17, 15) is 9.59 Å². The first-order valence-corrected chi connectivity index (χ1v) is 19.0. The van der Waals surface area contributed by atoms with Crippen molar-refractivity contribution >= 4 is 98.1 Å². The van der Waals surface area contributed by atoms with Crippen molar-refractivity contribution in [1.82, 2.24) is 4.98 Å². The summed E-state index contributed by atoms with van der Waals surface area (Å²) in [6, 6.07) is 53.7. The number of amides is 2. The Labute approximate surface area is 327 Å². The lowest BCUT2D eigenvalue weighted by molar-refractivity contribution is 0.101. The number of carbonyl (C=O) groups excluding carboxylic acids is 2. The van der Waals surface area contributed by atoms with Gasteiger partial charge in [-0.25, -0.2) is 4.98 Å². The van der Waals surface area contributed by atoms with E-state index in [0.29, 0.717) is 11.4 Å². The van der Waals surface area contributed by atoms with Crippen LogP contribution in [0.25, 0.3) is 65.3 Å². The molecule has 0 saturated heterocycles. The number of rotatable bonds is 6. The highest BCUT2D eigenvalue weighted by atomic mass is 79.9. The van der Waals surface area contributed by atoms with Crippen molar-refractivity contribution in [1.29, 1.82) is 0 Å². The van der Waals surface area contributed by atoms with Gasteiger partial charge in [-0.15, -0.1) is 0 Å². The van der Waals surface area contributed by atoms with Gasteiger partial charge in [0.2, 0.25) is 0 Å². The zero-order chi connectivity index (χ0) is 36.8. The molecule has 258 valence electrons. The molecule has 0 bridgehead atoms. The molecule has 2 amide bonds. The molecule has 0 saturated carbocycles. The smallest absolute Gasteiger partial charge is 0.274 e. The fourth-order valence-corrected chi connectivity index (χ4v) is 8.74. The zero-order valence-electron chi connectivity index (χ0n) is 28.6. The van der Waals surface area contributed by atoms with Gasteiger partial charge in [0, 0.05) is 20.3 Å². The van der Waals surface area contributed by atoms with Crippen LogP contribution < -0.4 is 10.6 Å². The third-order valence-corrected chi connectivity index (χ3v) is 11.5. The molecule has 7 heteroatoms. The predicted molar refractivity (Wildman–Crippen MR) is 229 cm³/mol. The summed E-state index contributed by atoms with van der Waals surface area (Å²) in [5.74, 6) is -0.827. The third-order valence-electron chi connectivity index (χ3n) is 9.76. The number of hydrogen-bond acceptors (Lipinski definition) is 3. The quantitative estimate of drug-likeness (QED) is 0.164. The molecule has 8 aromatic carbocycles. The minimum Gasteiger partial charge on any atom is -0.321 e. The SMILES string of the molecule is O=C(Nc1cccc(-c2c3ccccc3c(Br)c3ccccc23)c1)c1cccc(C(=O)Nc2cccc(-c3c4ccccc4c(Br)c4ccccc34)c2)n1. The van der Waals surface area contributed by atoms with E-state index in [-0.39, 0.29) is 11.4 Å². The summed E-state index contributed by atoms with van der Waals surface area (Å²) in [7, 11) is 0. The van der Waals surface area contributed by atoms with Crippen LogP contribution >= 0.6 is 31.9 Å². The standard InChI is InChI=1S/C47H29Br2N3O2/c48-44-36-20-5-1-16-32(36)42(33-17-2-6-21-37(33)44)28-12-9-14-30(26-28)50-46(53)40-24-11-25-41(52-40)47(54)51-31-15-10-13-29(27-31)43-34-18-3-7-22-38(34)45(49)39-23-8-4-19-35(39)43/h1-27H,(H,50,53)(H,51,54). The molecule has 0 aliphatic carbocycles. The van der Waals surface area contributed by atoms with Crippen molar-refractivity contribution in [3.05, 3.63) is 184 Å². The Morgan fingerprint density at radius 3 is 1.06 bits per heavy atom. The van der Waals surface area contributed by atoms with E-state index >= 15 is 0 Å². The topological polar surface area (TPSA) is 71.1 Å². The summed E-state index contributed by atoms with van der Waals surface area (Å²) in [4.78, 5) is 31.7. The second kappa shape index (κ2) is 14.0. The van der Waals surface area contributed by atoms with Crippen molar-refractivity contribution in [2.45, 2.75) is 0 Å². The van der Waals surface area contributed by atoms with Crippen LogP contribution in [0.1, 0.15) is 21.0 Å². The van der Waals surface area contributed by atoms with Gasteiger partial charge in [-0.2, -0.15) is 0 Å². The highest BCUT2D eigenvalue weighted by molar-refractivity contribution is 9.11. The molecular weight excluding hydrogens is 798 g/mol. The molecule has 0 aliphatic rings. The van der Waals surface area contributed by atoms with Crippen LogP contribution in [0.5, 0.6) is 0 Å². The number of nitrogens with zero attached hydrogens (tertiary/aromatic N) is 1. The molecule has 5 nitrogen and oxygen atoms in total. The zero-order valence-corrected chi connectivity index (χ0v) is 31.8. The first-order chi connectivity index (χ1) is 26.4.